The number of aromatic amines is 1. The molecule has 2 aliphatic heterocycles. The molecule has 0 radical (unpaired) electrons. The van der Waals surface area contributed by atoms with E-state index in [9.17, 15) is 13.6 Å². The monoisotopic (exact) mass is 565 g/mol. The van der Waals surface area contributed by atoms with Crippen LogP contribution >= 0.6 is 0 Å². The van der Waals surface area contributed by atoms with Crippen molar-refractivity contribution in [2.75, 3.05) is 44.4 Å². The number of nitrogens with one attached hydrogen (secondary N) is 3. The highest BCUT2D eigenvalue weighted by atomic mass is 19.3. The quantitative estimate of drug-likeness (QED) is 0.310. The first kappa shape index (κ1) is 27.1. The van der Waals surface area contributed by atoms with Gasteiger partial charge in [0.05, 0.1) is 42.8 Å². The number of fused-ring (bicyclic) bond motifs is 1. The fourth-order valence-electron chi connectivity index (χ4n) is 5.92. The summed E-state index contributed by atoms with van der Waals surface area (Å²) in [5, 5.41) is 11.2. The SMILES string of the molecule is COc1nn(C)cc1Nc1ncc(C)c(-c2c[nH]c3c(NC(=O)[C@H]4CC(F)(F)CN4[C@H]4CCN(C)C4)cccc23)n1. The minimum Gasteiger partial charge on any atom is -0.478 e. The van der Waals surface area contributed by atoms with Crippen LogP contribution in [-0.4, -0.2) is 92.2 Å². The molecule has 5 heterocycles. The van der Waals surface area contributed by atoms with Crippen LogP contribution in [0.25, 0.3) is 22.2 Å². The third-order valence-electron chi connectivity index (χ3n) is 7.88. The van der Waals surface area contributed by atoms with Crippen LogP contribution in [0, 0.1) is 6.92 Å². The molecule has 3 N–H and O–H groups in total. The number of H-pyrrole nitrogens is 1. The van der Waals surface area contributed by atoms with E-state index in [4.69, 9.17) is 9.72 Å². The molecule has 6 rings (SSSR count). The lowest BCUT2D eigenvalue weighted by Crippen LogP contribution is -2.46. The molecule has 0 bridgehead atoms. The number of anilines is 3. The average molecular weight is 566 g/mol. The molecule has 2 atom stereocenters. The van der Waals surface area contributed by atoms with E-state index in [1.165, 1.54) is 0 Å². The normalized spacial score (nSPS) is 21.0. The smallest absolute Gasteiger partial charge is 0.262 e. The Kier molecular flexibility index (Phi) is 6.86. The van der Waals surface area contributed by atoms with Crippen molar-refractivity contribution in [2.45, 2.75) is 37.8 Å². The zero-order valence-electron chi connectivity index (χ0n) is 23.4. The summed E-state index contributed by atoms with van der Waals surface area (Å²) in [6.07, 6.45) is 5.62. The Hall–Kier alpha value is -4.10. The number of carbonyl (C=O) groups is 1. The van der Waals surface area contributed by atoms with Crippen molar-refractivity contribution in [1.29, 1.82) is 0 Å². The molecule has 2 aliphatic rings. The Morgan fingerprint density at radius 3 is 2.83 bits per heavy atom. The van der Waals surface area contributed by atoms with Gasteiger partial charge in [-0.15, -0.1) is 5.10 Å². The van der Waals surface area contributed by atoms with Gasteiger partial charge >= 0.3 is 0 Å². The number of likely N-dealkylation sites (tertiary alicyclic amines) is 2. The molecule has 13 heteroatoms. The third-order valence-corrected chi connectivity index (χ3v) is 7.88. The minimum atomic E-state index is -2.90. The molecule has 41 heavy (non-hydrogen) atoms. The maximum absolute atomic E-state index is 14.5. The number of carbonyl (C=O) groups excluding carboxylic acids is 1. The maximum Gasteiger partial charge on any atom is 0.262 e. The van der Waals surface area contributed by atoms with Crippen LogP contribution in [0.1, 0.15) is 18.4 Å². The van der Waals surface area contributed by atoms with Gasteiger partial charge in [-0.05, 0) is 38.6 Å². The fourth-order valence-corrected chi connectivity index (χ4v) is 5.92. The van der Waals surface area contributed by atoms with Gasteiger partial charge in [0.2, 0.25) is 11.9 Å². The minimum absolute atomic E-state index is 0.0628. The van der Waals surface area contributed by atoms with E-state index in [-0.39, 0.29) is 6.04 Å². The van der Waals surface area contributed by atoms with E-state index in [0.717, 1.165) is 29.5 Å². The van der Waals surface area contributed by atoms with Crippen molar-refractivity contribution in [3.05, 3.63) is 42.4 Å². The van der Waals surface area contributed by atoms with Crippen molar-refractivity contribution in [3.8, 4) is 17.1 Å². The summed E-state index contributed by atoms with van der Waals surface area (Å²) in [6, 6.07) is 4.58. The van der Waals surface area contributed by atoms with Gasteiger partial charge in [-0.25, -0.2) is 18.7 Å². The zero-order chi connectivity index (χ0) is 28.9. The number of halogens is 2. The van der Waals surface area contributed by atoms with Crippen LogP contribution < -0.4 is 15.4 Å². The zero-order valence-corrected chi connectivity index (χ0v) is 23.4. The van der Waals surface area contributed by atoms with Gasteiger partial charge in [-0.1, -0.05) is 12.1 Å². The molecular formula is C28H33F2N9O2. The van der Waals surface area contributed by atoms with E-state index in [2.05, 4.69) is 30.6 Å². The number of rotatable bonds is 7. The first-order chi connectivity index (χ1) is 19.6. The van der Waals surface area contributed by atoms with E-state index in [1.54, 1.807) is 42.2 Å². The standard InChI is InChI=1S/C28H33F2N9O2/c1-16-11-32-27(34-21-14-38(3)36-26(21)41-4)35-23(16)19-12-31-24-18(19)6-5-7-20(24)33-25(40)22-10-28(29,30)15-39(22)17-8-9-37(2)13-17/h5-7,11-12,14,17,22,31H,8-10,13,15H2,1-4H3,(H,33,40)(H,32,34,35)/t17-,22+/m0/s1. The highest BCUT2D eigenvalue weighted by Gasteiger charge is 2.50. The fraction of sp³-hybridized carbons (Fsp3) is 0.429. The summed E-state index contributed by atoms with van der Waals surface area (Å²) >= 11 is 0. The Morgan fingerprint density at radius 1 is 1.24 bits per heavy atom. The van der Waals surface area contributed by atoms with Crippen LogP contribution in [0.4, 0.5) is 26.1 Å². The van der Waals surface area contributed by atoms with Crippen molar-refractivity contribution >= 4 is 34.1 Å². The van der Waals surface area contributed by atoms with Gasteiger partial charge in [0, 0.05) is 49.4 Å². The number of nitrogens with zero attached hydrogens (tertiary/aromatic N) is 6. The number of aromatic nitrogens is 5. The Morgan fingerprint density at radius 2 is 2.07 bits per heavy atom. The molecule has 0 unspecified atom stereocenters. The van der Waals surface area contributed by atoms with Crippen molar-refractivity contribution < 1.29 is 18.3 Å². The van der Waals surface area contributed by atoms with Gasteiger partial charge in [0.25, 0.3) is 11.8 Å². The third kappa shape index (κ3) is 5.22. The summed E-state index contributed by atoms with van der Waals surface area (Å²) in [5.74, 6) is -2.53. The average Bonchev–Trinajstić information content (AvgIpc) is 3.70. The summed E-state index contributed by atoms with van der Waals surface area (Å²) in [4.78, 5) is 29.7. The Bertz CT molecular complexity index is 1600. The number of amides is 1. The van der Waals surface area contributed by atoms with E-state index in [0.29, 0.717) is 41.0 Å². The number of alkyl halides is 2. The predicted octanol–water partition coefficient (Wildman–Crippen LogP) is 3.77. The first-order valence-corrected chi connectivity index (χ1v) is 13.5. The van der Waals surface area contributed by atoms with Crippen molar-refractivity contribution in [2.24, 2.45) is 7.05 Å². The number of hydrogen-bond donors (Lipinski definition) is 3. The van der Waals surface area contributed by atoms with Crippen molar-refractivity contribution in [3.63, 3.8) is 0 Å². The highest BCUT2D eigenvalue weighted by molar-refractivity contribution is 6.06. The largest absolute Gasteiger partial charge is 0.478 e. The van der Waals surface area contributed by atoms with Gasteiger partial charge < -0.3 is 25.3 Å². The second-order valence-corrected chi connectivity index (χ2v) is 10.9. The number of hydrogen-bond acceptors (Lipinski definition) is 8. The lowest BCUT2D eigenvalue weighted by Gasteiger charge is -2.29. The van der Waals surface area contributed by atoms with Gasteiger partial charge in [-0.3, -0.25) is 14.4 Å². The molecular weight excluding hydrogens is 532 g/mol. The second kappa shape index (κ2) is 10.4. The predicted molar refractivity (Wildman–Crippen MR) is 152 cm³/mol. The number of para-hydroxylation sites is 1. The van der Waals surface area contributed by atoms with Crippen LogP contribution in [-0.2, 0) is 11.8 Å². The topological polar surface area (TPSA) is 116 Å². The molecule has 0 spiro atoms. The molecule has 3 aromatic heterocycles. The van der Waals surface area contributed by atoms with Crippen LogP contribution in [0.5, 0.6) is 5.88 Å². The molecule has 216 valence electrons. The van der Waals surface area contributed by atoms with Gasteiger partial charge in [0.1, 0.15) is 5.69 Å². The molecule has 2 saturated heterocycles. The summed E-state index contributed by atoms with van der Waals surface area (Å²) < 4.78 is 36.0. The lowest BCUT2D eigenvalue weighted by molar-refractivity contribution is -0.121. The van der Waals surface area contributed by atoms with E-state index >= 15 is 0 Å². The molecule has 0 saturated carbocycles. The molecule has 11 nitrogen and oxygen atoms in total. The van der Waals surface area contributed by atoms with Crippen LogP contribution in [0.2, 0.25) is 0 Å². The highest BCUT2D eigenvalue weighted by Crippen LogP contribution is 2.37. The van der Waals surface area contributed by atoms with Gasteiger partial charge in [0.15, 0.2) is 0 Å². The van der Waals surface area contributed by atoms with E-state index < -0.39 is 30.8 Å². The summed E-state index contributed by atoms with van der Waals surface area (Å²) in [6.45, 7) is 3.04. The number of methoxy groups -OCH3 is 1. The molecule has 0 aliphatic carbocycles. The van der Waals surface area contributed by atoms with Crippen LogP contribution in [0.15, 0.2) is 36.8 Å². The molecule has 1 amide bonds. The number of ether oxygens (including phenoxy) is 1. The maximum atomic E-state index is 14.5. The van der Waals surface area contributed by atoms with Crippen molar-refractivity contribution in [1.82, 2.24) is 34.5 Å². The first-order valence-electron chi connectivity index (χ1n) is 13.5. The van der Waals surface area contributed by atoms with E-state index in [1.807, 2.05) is 32.3 Å². The molecule has 4 aromatic rings. The second-order valence-electron chi connectivity index (χ2n) is 10.9. The number of likely N-dealkylation sites (N-methyl/N-ethyl adjacent to an activating group) is 1. The van der Waals surface area contributed by atoms with Gasteiger partial charge in [-0.2, -0.15) is 0 Å². The Labute approximate surface area is 235 Å². The summed E-state index contributed by atoms with van der Waals surface area (Å²) in [7, 11) is 5.31. The number of aryl methyl sites for hydroxylation is 2. The molecule has 1 aromatic carbocycles. The molecule has 2 fully saturated rings. The van der Waals surface area contributed by atoms with Crippen LogP contribution in [0.3, 0.4) is 0 Å². The Balaban J connectivity index is 1.27. The number of benzene rings is 1. The summed E-state index contributed by atoms with van der Waals surface area (Å²) in [5.41, 5.74) is 4.22. The lowest BCUT2D eigenvalue weighted by atomic mass is 10.1.